The molecule has 0 fully saturated rings. The summed E-state index contributed by atoms with van der Waals surface area (Å²) in [5.74, 6) is -1.41. The molecule has 1 aromatic heterocycles. The zero-order valence-electron chi connectivity index (χ0n) is 9.17. The zero-order valence-corrected chi connectivity index (χ0v) is 9.17. The van der Waals surface area contributed by atoms with Gasteiger partial charge in [-0.05, 0) is 19.1 Å². The summed E-state index contributed by atoms with van der Waals surface area (Å²) < 4.78 is 9.27. The molecule has 6 heteroatoms. The Hall–Kier alpha value is -2.42. The normalized spacial score (nSPS) is 9.18. The molecule has 0 aliphatic heterocycles. The van der Waals surface area contributed by atoms with E-state index < -0.39 is 18.5 Å². The van der Waals surface area contributed by atoms with Gasteiger partial charge >= 0.3 is 11.9 Å². The summed E-state index contributed by atoms with van der Waals surface area (Å²) in [6.45, 7) is 1.38. The third kappa shape index (κ3) is 3.57. The van der Waals surface area contributed by atoms with Crippen LogP contribution in [-0.2, 0) is 14.3 Å². The van der Waals surface area contributed by atoms with Gasteiger partial charge in [0.2, 0.25) is 0 Å². The quantitative estimate of drug-likeness (QED) is 0.711. The number of carbonyl (C=O) groups excluding carboxylic acids is 2. The average Bonchev–Trinajstić information content (AvgIpc) is 2.36. The molecule has 6 nitrogen and oxygen atoms in total. The molecule has 0 aromatic carbocycles. The molecule has 0 aliphatic carbocycles. The number of nitrogens with zero attached hydrogens (tertiary/aromatic N) is 2. The second-order valence-electron chi connectivity index (χ2n) is 2.89. The first kappa shape index (κ1) is 12.6. The fourth-order valence-corrected chi connectivity index (χ4v) is 1.06. The zero-order chi connectivity index (χ0) is 12.7. The molecule has 0 N–H and O–H groups in total. The maximum Gasteiger partial charge on any atom is 0.344 e. The van der Waals surface area contributed by atoms with E-state index in [4.69, 9.17) is 5.26 Å². The number of ether oxygens (including phenoxy) is 2. The highest BCUT2D eigenvalue weighted by Crippen LogP contribution is 2.05. The van der Waals surface area contributed by atoms with Gasteiger partial charge in [-0.1, -0.05) is 0 Å². The third-order valence-corrected chi connectivity index (χ3v) is 1.76. The van der Waals surface area contributed by atoms with Crippen molar-refractivity contribution in [3.8, 4) is 6.07 Å². The van der Waals surface area contributed by atoms with E-state index in [9.17, 15) is 9.59 Å². The van der Waals surface area contributed by atoms with Crippen LogP contribution < -0.4 is 0 Å². The minimum atomic E-state index is -0.775. The van der Waals surface area contributed by atoms with E-state index in [0.717, 1.165) is 0 Å². The van der Waals surface area contributed by atoms with Crippen molar-refractivity contribution in [3.63, 3.8) is 0 Å². The monoisotopic (exact) mass is 234 g/mol. The van der Waals surface area contributed by atoms with E-state index in [2.05, 4.69) is 14.5 Å². The fraction of sp³-hybridized carbons (Fsp3) is 0.273. The molecule has 0 amide bonds. The molecule has 1 rings (SSSR count). The van der Waals surface area contributed by atoms with Crippen LogP contribution in [0.25, 0.3) is 0 Å². The summed E-state index contributed by atoms with van der Waals surface area (Å²) in [7, 11) is 0. The lowest BCUT2D eigenvalue weighted by atomic mass is 10.2. The van der Waals surface area contributed by atoms with Gasteiger partial charge in [0, 0.05) is 6.20 Å². The third-order valence-electron chi connectivity index (χ3n) is 1.76. The van der Waals surface area contributed by atoms with Crippen molar-refractivity contribution < 1.29 is 19.1 Å². The van der Waals surface area contributed by atoms with Crippen LogP contribution in [0.1, 0.15) is 23.0 Å². The van der Waals surface area contributed by atoms with Crippen molar-refractivity contribution in [1.82, 2.24) is 4.98 Å². The summed E-state index contributed by atoms with van der Waals surface area (Å²) >= 11 is 0. The molecule has 0 saturated carbocycles. The van der Waals surface area contributed by atoms with Crippen LogP contribution >= 0.6 is 0 Å². The summed E-state index contributed by atoms with van der Waals surface area (Å²) in [4.78, 5) is 26.2. The van der Waals surface area contributed by atoms with Crippen LogP contribution in [0.15, 0.2) is 18.3 Å². The van der Waals surface area contributed by atoms with E-state index in [0.29, 0.717) is 0 Å². The second kappa shape index (κ2) is 6.23. The second-order valence-corrected chi connectivity index (χ2v) is 2.89. The predicted molar refractivity (Wildman–Crippen MR) is 55.9 cm³/mol. The largest absolute Gasteiger partial charge is 0.463 e. The average molecular weight is 234 g/mol. The van der Waals surface area contributed by atoms with Crippen LogP contribution in [0, 0.1) is 11.3 Å². The minimum Gasteiger partial charge on any atom is -0.463 e. The number of hydrogen-bond acceptors (Lipinski definition) is 6. The van der Waals surface area contributed by atoms with Crippen molar-refractivity contribution >= 4 is 11.9 Å². The Morgan fingerprint density at radius 3 is 2.88 bits per heavy atom. The molecule has 0 spiro atoms. The Bertz CT molecular complexity index is 465. The number of aromatic nitrogens is 1. The molecular weight excluding hydrogens is 224 g/mol. The van der Waals surface area contributed by atoms with Crippen molar-refractivity contribution in [2.45, 2.75) is 6.92 Å². The standard InChI is InChI=1S/C11H10N2O4/c1-2-16-10(14)7-17-11(15)8-4-3-5-13-9(8)6-12/h3-5H,2,7H2,1H3. The van der Waals surface area contributed by atoms with Gasteiger partial charge in [0.15, 0.2) is 12.3 Å². The summed E-state index contributed by atoms with van der Waals surface area (Å²) in [6.07, 6.45) is 1.39. The smallest absolute Gasteiger partial charge is 0.344 e. The van der Waals surface area contributed by atoms with Crippen LogP contribution in [-0.4, -0.2) is 30.1 Å². The first-order valence-corrected chi connectivity index (χ1v) is 4.87. The topological polar surface area (TPSA) is 89.3 Å². The highest BCUT2D eigenvalue weighted by molar-refractivity contribution is 5.92. The number of rotatable bonds is 4. The Labute approximate surface area is 97.8 Å². The minimum absolute atomic E-state index is 0.0271. The van der Waals surface area contributed by atoms with Gasteiger partial charge in [0.25, 0.3) is 0 Å². The van der Waals surface area contributed by atoms with E-state index in [-0.39, 0.29) is 17.9 Å². The van der Waals surface area contributed by atoms with E-state index in [1.54, 1.807) is 13.0 Å². The Morgan fingerprint density at radius 2 is 2.24 bits per heavy atom. The highest BCUT2D eigenvalue weighted by atomic mass is 16.6. The van der Waals surface area contributed by atoms with E-state index >= 15 is 0 Å². The Kier molecular flexibility index (Phi) is 4.63. The van der Waals surface area contributed by atoms with Gasteiger partial charge in [-0.2, -0.15) is 5.26 Å². The molecule has 1 heterocycles. The number of nitriles is 1. The maximum atomic E-state index is 11.5. The summed E-state index contributed by atoms with van der Waals surface area (Å²) in [5, 5.41) is 8.72. The molecule has 0 unspecified atom stereocenters. The van der Waals surface area contributed by atoms with Gasteiger partial charge in [0.1, 0.15) is 6.07 Å². The van der Waals surface area contributed by atoms with Crippen LogP contribution in [0.2, 0.25) is 0 Å². The Morgan fingerprint density at radius 1 is 1.47 bits per heavy atom. The van der Waals surface area contributed by atoms with E-state index in [1.807, 2.05) is 0 Å². The van der Waals surface area contributed by atoms with Gasteiger partial charge in [0.05, 0.1) is 12.2 Å². The van der Waals surface area contributed by atoms with E-state index in [1.165, 1.54) is 18.3 Å². The summed E-state index contributed by atoms with van der Waals surface area (Å²) in [6, 6.07) is 4.66. The predicted octanol–water partition coefficient (Wildman–Crippen LogP) is 0.673. The van der Waals surface area contributed by atoms with Crippen molar-refractivity contribution in [1.29, 1.82) is 5.26 Å². The Balaban J connectivity index is 2.65. The first-order valence-electron chi connectivity index (χ1n) is 4.87. The molecule has 0 saturated heterocycles. The highest BCUT2D eigenvalue weighted by Gasteiger charge is 2.15. The van der Waals surface area contributed by atoms with Crippen molar-refractivity contribution in [2.75, 3.05) is 13.2 Å². The molecule has 17 heavy (non-hydrogen) atoms. The lowest BCUT2D eigenvalue weighted by Crippen LogP contribution is -2.17. The number of esters is 2. The maximum absolute atomic E-state index is 11.5. The van der Waals surface area contributed by atoms with Crippen molar-refractivity contribution in [2.24, 2.45) is 0 Å². The van der Waals surface area contributed by atoms with Crippen molar-refractivity contribution in [3.05, 3.63) is 29.6 Å². The molecule has 0 aliphatic rings. The number of hydrogen-bond donors (Lipinski definition) is 0. The lowest BCUT2D eigenvalue weighted by Gasteiger charge is -2.04. The first-order chi connectivity index (χ1) is 8.19. The molecule has 88 valence electrons. The summed E-state index contributed by atoms with van der Waals surface area (Å²) in [5.41, 5.74) is -0.0133. The van der Waals surface area contributed by atoms with Crippen LogP contribution in [0.4, 0.5) is 0 Å². The molecular formula is C11H10N2O4. The van der Waals surface area contributed by atoms with Gasteiger partial charge in [-0.3, -0.25) is 0 Å². The van der Waals surface area contributed by atoms with Crippen LogP contribution in [0.5, 0.6) is 0 Å². The number of pyridine rings is 1. The molecule has 0 radical (unpaired) electrons. The van der Waals surface area contributed by atoms with Gasteiger partial charge in [-0.15, -0.1) is 0 Å². The molecule has 1 aromatic rings. The van der Waals surface area contributed by atoms with Gasteiger partial charge < -0.3 is 9.47 Å². The molecule has 0 atom stereocenters. The fourth-order valence-electron chi connectivity index (χ4n) is 1.06. The molecule has 0 bridgehead atoms. The van der Waals surface area contributed by atoms with Crippen LogP contribution in [0.3, 0.4) is 0 Å². The van der Waals surface area contributed by atoms with Gasteiger partial charge in [-0.25, -0.2) is 14.6 Å². The lowest BCUT2D eigenvalue weighted by molar-refractivity contribution is -0.146. The SMILES string of the molecule is CCOC(=O)COC(=O)c1cccnc1C#N. The number of carbonyl (C=O) groups is 2.